The van der Waals surface area contributed by atoms with Crippen LogP contribution in [-0.2, 0) is 14.3 Å². The van der Waals surface area contributed by atoms with E-state index in [2.05, 4.69) is 6.92 Å². The minimum Gasteiger partial charge on any atom is -0.481 e. The van der Waals surface area contributed by atoms with Crippen molar-refractivity contribution in [2.45, 2.75) is 46.5 Å². The van der Waals surface area contributed by atoms with Crippen LogP contribution in [0.2, 0.25) is 0 Å². The molecule has 0 radical (unpaired) electrons. The number of unbranched alkanes of at least 4 members (excludes halogenated alkanes) is 1. The Hall–Kier alpha value is -1.06. The molecule has 0 aromatic heterocycles. The quantitative estimate of drug-likeness (QED) is 0.514. The van der Waals surface area contributed by atoms with Crippen LogP contribution >= 0.6 is 0 Å². The van der Waals surface area contributed by atoms with E-state index < -0.39 is 17.9 Å². The van der Waals surface area contributed by atoms with Crippen LogP contribution in [0.15, 0.2) is 0 Å². The minimum atomic E-state index is -1.08. The van der Waals surface area contributed by atoms with Gasteiger partial charge in [-0.05, 0) is 19.3 Å². The summed E-state index contributed by atoms with van der Waals surface area (Å²) in [5.74, 6) is -2.46. The Balaban J connectivity index is 4.22. The summed E-state index contributed by atoms with van der Waals surface area (Å²) >= 11 is 0. The van der Waals surface area contributed by atoms with Crippen molar-refractivity contribution in [2.75, 3.05) is 6.61 Å². The van der Waals surface area contributed by atoms with Crippen LogP contribution in [-0.4, -0.2) is 23.7 Å². The lowest BCUT2D eigenvalue weighted by Crippen LogP contribution is -2.27. The lowest BCUT2D eigenvalue weighted by Gasteiger charge is -2.16. The van der Waals surface area contributed by atoms with Crippen LogP contribution in [0.5, 0.6) is 0 Å². The predicted octanol–water partition coefficient (Wildman–Crippen LogP) is 2.47. The molecular formula is C12H22O4. The van der Waals surface area contributed by atoms with Gasteiger partial charge in [0.1, 0.15) is 0 Å². The molecule has 94 valence electrons. The van der Waals surface area contributed by atoms with Crippen molar-refractivity contribution in [3.8, 4) is 0 Å². The number of aliphatic carboxylic acids is 1. The summed E-state index contributed by atoms with van der Waals surface area (Å²) in [5, 5.41) is 8.94. The highest BCUT2D eigenvalue weighted by Gasteiger charge is 2.29. The molecule has 2 unspecified atom stereocenters. The van der Waals surface area contributed by atoms with Gasteiger partial charge < -0.3 is 9.84 Å². The van der Waals surface area contributed by atoms with E-state index in [0.717, 1.165) is 19.3 Å². The molecule has 0 saturated heterocycles. The topological polar surface area (TPSA) is 63.6 Å². The summed E-state index contributed by atoms with van der Waals surface area (Å²) in [6.45, 7) is 5.97. The third-order valence-corrected chi connectivity index (χ3v) is 2.56. The van der Waals surface area contributed by atoms with Crippen LogP contribution in [0.1, 0.15) is 46.5 Å². The van der Waals surface area contributed by atoms with Crippen LogP contribution in [0.4, 0.5) is 0 Å². The molecule has 16 heavy (non-hydrogen) atoms. The van der Waals surface area contributed by atoms with E-state index in [1.165, 1.54) is 0 Å². The lowest BCUT2D eigenvalue weighted by atomic mass is 9.92. The third-order valence-electron chi connectivity index (χ3n) is 2.56. The number of carboxylic acids is 1. The predicted molar refractivity (Wildman–Crippen MR) is 61.1 cm³/mol. The SMILES string of the molecule is CCCCC(C)CC(C(=O)O)C(=O)OCC. The molecule has 0 spiro atoms. The average molecular weight is 230 g/mol. The summed E-state index contributed by atoms with van der Waals surface area (Å²) in [7, 11) is 0. The molecule has 0 fully saturated rings. The van der Waals surface area contributed by atoms with E-state index in [9.17, 15) is 9.59 Å². The standard InChI is InChI=1S/C12H22O4/c1-4-6-7-9(3)8-10(11(13)14)12(15)16-5-2/h9-10H,4-8H2,1-3H3,(H,13,14). The minimum absolute atomic E-state index is 0.228. The molecule has 0 aliphatic heterocycles. The van der Waals surface area contributed by atoms with Crippen LogP contribution < -0.4 is 0 Å². The van der Waals surface area contributed by atoms with Crippen LogP contribution in [0, 0.1) is 11.8 Å². The zero-order chi connectivity index (χ0) is 12.6. The van der Waals surface area contributed by atoms with E-state index in [1.54, 1.807) is 6.92 Å². The molecular weight excluding hydrogens is 208 g/mol. The largest absolute Gasteiger partial charge is 0.481 e. The van der Waals surface area contributed by atoms with Crippen LogP contribution in [0.25, 0.3) is 0 Å². The van der Waals surface area contributed by atoms with Crippen molar-refractivity contribution in [3.63, 3.8) is 0 Å². The Morgan fingerprint density at radius 2 is 1.94 bits per heavy atom. The van der Waals surface area contributed by atoms with Crippen molar-refractivity contribution in [1.82, 2.24) is 0 Å². The van der Waals surface area contributed by atoms with E-state index in [-0.39, 0.29) is 12.5 Å². The number of rotatable bonds is 8. The summed E-state index contributed by atoms with van der Waals surface area (Å²) < 4.78 is 4.75. The van der Waals surface area contributed by atoms with Gasteiger partial charge in [-0.15, -0.1) is 0 Å². The Labute approximate surface area is 97.0 Å². The fourth-order valence-electron chi connectivity index (χ4n) is 1.61. The first kappa shape index (κ1) is 14.9. The fraction of sp³-hybridized carbons (Fsp3) is 0.833. The van der Waals surface area contributed by atoms with Crippen molar-refractivity contribution in [1.29, 1.82) is 0 Å². The molecule has 0 heterocycles. The highest BCUT2D eigenvalue weighted by molar-refractivity contribution is 5.93. The van der Waals surface area contributed by atoms with E-state index in [4.69, 9.17) is 9.84 Å². The second kappa shape index (κ2) is 8.13. The zero-order valence-electron chi connectivity index (χ0n) is 10.4. The number of hydrogen-bond acceptors (Lipinski definition) is 3. The van der Waals surface area contributed by atoms with Crippen molar-refractivity contribution in [3.05, 3.63) is 0 Å². The molecule has 0 aromatic carbocycles. The van der Waals surface area contributed by atoms with Gasteiger partial charge >= 0.3 is 11.9 Å². The van der Waals surface area contributed by atoms with Crippen molar-refractivity contribution >= 4 is 11.9 Å². The highest BCUT2D eigenvalue weighted by atomic mass is 16.5. The van der Waals surface area contributed by atoms with Gasteiger partial charge in [0, 0.05) is 0 Å². The molecule has 0 aliphatic rings. The summed E-state index contributed by atoms with van der Waals surface area (Å²) in [5.41, 5.74) is 0. The Kier molecular flexibility index (Phi) is 7.60. The van der Waals surface area contributed by atoms with Gasteiger partial charge in [0.05, 0.1) is 6.61 Å². The number of carboxylic acid groups (broad SMARTS) is 1. The second-order valence-corrected chi connectivity index (χ2v) is 4.13. The molecule has 0 aliphatic carbocycles. The molecule has 0 aromatic rings. The van der Waals surface area contributed by atoms with Gasteiger partial charge in [0.25, 0.3) is 0 Å². The molecule has 0 bridgehead atoms. The summed E-state index contributed by atoms with van der Waals surface area (Å²) in [6.07, 6.45) is 3.48. The number of carbonyl (C=O) groups excluding carboxylic acids is 1. The number of esters is 1. The first-order valence-electron chi connectivity index (χ1n) is 5.92. The highest BCUT2D eigenvalue weighted by Crippen LogP contribution is 2.19. The summed E-state index contributed by atoms with van der Waals surface area (Å²) in [6, 6.07) is 0. The van der Waals surface area contributed by atoms with Gasteiger partial charge in [-0.25, -0.2) is 0 Å². The molecule has 0 amide bonds. The van der Waals surface area contributed by atoms with Gasteiger partial charge in [-0.1, -0.05) is 33.1 Å². The number of ether oxygens (including phenoxy) is 1. The van der Waals surface area contributed by atoms with Crippen molar-refractivity contribution < 1.29 is 19.4 Å². The van der Waals surface area contributed by atoms with Gasteiger partial charge in [-0.2, -0.15) is 0 Å². The van der Waals surface area contributed by atoms with Gasteiger partial charge in [0.2, 0.25) is 0 Å². The monoisotopic (exact) mass is 230 g/mol. The molecule has 0 rings (SSSR count). The molecule has 4 nitrogen and oxygen atoms in total. The maximum atomic E-state index is 11.4. The molecule has 1 N–H and O–H groups in total. The number of carbonyl (C=O) groups is 2. The van der Waals surface area contributed by atoms with E-state index in [1.807, 2.05) is 6.92 Å². The van der Waals surface area contributed by atoms with Gasteiger partial charge in [0.15, 0.2) is 5.92 Å². The van der Waals surface area contributed by atoms with E-state index in [0.29, 0.717) is 6.42 Å². The Morgan fingerprint density at radius 1 is 1.31 bits per heavy atom. The maximum absolute atomic E-state index is 11.4. The first-order valence-corrected chi connectivity index (χ1v) is 5.92. The van der Waals surface area contributed by atoms with Crippen LogP contribution in [0.3, 0.4) is 0 Å². The normalized spacial score (nSPS) is 14.2. The van der Waals surface area contributed by atoms with E-state index >= 15 is 0 Å². The maximum Gasteiger partial charge on any atom is 0.320 e. The third kappa shape index (κ3) is 5.73. The van der Waals surface area contributed by atoms with Crippen molar-refractivity contribution in [2.24, 2.45) is 11.8 Å². The fourth-order valence-corrected chi connectivity index (χ4v) is 1.61. The summed E-state index contributed by atoms with van der Waals surface area (Å²) in [4.78, 5) is 22.3. The van der Waals surface area contributed by atoms with Gasteiger partial charge in [-0.3, -0.25) is 9.59 Å². The zero-order valence-corrected chi connectivity index (χ0v) is 10.4. The smallest absolute Gasteiger partial charge is 0.320 e. The molecule has 4 heteroatoms. The Morgan fingerprint density at radius 3 is 2.38 bits per heavy atom. The molecule has 2 atom stereocenters. The average Bonchev–Trinajstić information content (AvgIpc) is 2.22. The second-order valence-electron chi connectivity index (χ2n) is 4.13. The number of hydrogen-bond donors (Lipinski definition) is 1. The Bertz CT molecular complexity index is 225. The lowest BCUT2D eigenvalue weighted by molar-refractivity contribution is -0.159. The first-order chi connectivity index (χ1) is 7.52. The molecule has 0 saturated carbocycles.